The fourth-order valence-corrected chi connectivity index (χ4v) is 5.53. The van der Waals surface area contributed by atoms with E-state index in [1.54, 1.807) is 7.05 Å². The third kappa shape index (κ3) is 4.35. The van der Waals surface area contributed by atoms with Gasteiger partial charge in [-0.15, -0.1) is 0 Å². The number of amides is 1. The van der Waals surface area contributed by atoms with E-state index in [0.29, 0.717) is 11.6 Å². The summed E-state index contributed by atoms with van der Waals surface area (Å²) in [6, 6.07) is 17.1. The predicted octanol–water partition coefficient (Wildman–Crippen LogP) is 5.58. The summed E-state index contributed by atoms with van der Waals surface area (Å²) in [5.74, 6) is 2.36. The van der Waals surface area contributed by atoms with Crippen LogP contribution in [0.15, 0.2) is 54.7 Å². The van der Waals surface area contributed by atoms with Crippen LogP contribution in [0.5, 0.6) is 0 Å². The summed E-state index contributed by atoms with van der Waals surface area (Å²) in [6.07, 6.45) is 9.19. The lowest BCUT2D eigenvalue weighted by atomic mass is 10.0. The van der Waals surface area contributed by atoms with Gasteiger partial charge in [0.2, 0.25) is 0 Å². The molecule has 6 rings (SSSR count). The number of rotatable bonds is 6. The van der Waals surface area contributed by atoms with Crippen LogP contribution in [0.3, 0.4) is 0 Å². The van der Waals surface area contributed by atoms with Gasteiger partial charge >= 0.3 is 0 Å². The lowest BCUT2D eigenvalue weighted by Gasteiger charge is -2.07. The van der Waals surface area contributed by atoms with Crippen LogP contribution in [-0.4, -0.2) is 39.4 Å². The van der Waals surface area contributed by atoms with Gasteiger partial charge in [0.25, 0.3) is 5.91 Å². The topological polar surface area (TPSA) is 98.5 Å². The maximum absolute atomic E-state index is 12.5. The number of H-pyrrole nitrogens is 2. The first-order valence-corrected chi connectivity index (χ1v) is 13.0. The highest BCUT2D eigenvalue weighted by atomic mass is 16.1. The number of carbonyl (C=O) groups excluding carboxylic acids is 1. The van der Waals surface area contributed by atoms with Gasteiger partial charge < -0.3 is 20.6 Å². The minimum absolute atomic E-state index is 0.170. The number of aromatic nitrogens is 4. The number of nitrogens with one attached hydrogen (secondary N) is 4. The molecule has 2 aliphatic rings. The molecule has 0 bridgehead atoms. The van der Waals surface area contributed by atoms with Crippen molar-refractivity contribution in [3.05, 3.63) is 72.1 Å². The van der Waals surface area contributed by atoms with E-state index in [0.717, 1.165) is 64.7 Å². The molecule has 0 unspecified atom stereocenters. The van der Waals surface area contributed by atoms with Crippen LogP contribution in [0.2, 0.25) is 0 Å². The highest BCUT2D eigenvalue weighted by Gasteiger charge is 2.25. The second-order valence-corrected chi connectivity index (χ2v) is 9.89. The van der Waals surface area contributed by atoms with Crippen molar-refractivity contribution in [2.75, 3.05) is 13.6 Å². The number of carbonyl (C=O) groups is 1. The first-order chi connectivity index (χ1) is 17.7. The first-order valence-electron chi connectivity index (χ1n) is 13.0. The molecule has 7 nitrogen and oxygen atoms in total. The normalized spacial score (nSPS) is 18.1. The van der Waals surface area contributed by atoms with Crippen molar-refractivity contribution in [3.63, 3.8) is 0 Å². The van der Waals surface area contributed by atoms with Crippen molar-refractivity contribution in [3.8, 4) is 33.6 Å². The second kappa shape index (κ2) is 9.74. The van der Waals surface area contributed by atoms with E-state index in [4.69, 9.17) is 0 Å². The SMILES string of the molecule is CNC(=O)c1nc([C@@H]2CCCN2)[nH]c1-c1ccc(-c2ccc(-c3cnc(C4CCCC4)[nH]3)cc2)cc1. The smallest absolute Gasteiger partial charge is 0.271 e. The van der Waals surface area contributed by atoms with E-state index < -0.39 is 0 Å². The molecule has 1 atom stereocenters. The maximum atomic E-state index is 12.5. The van der Waals surface area contributed by atoms with E-state index >= 15 is 0 Å². The number of nitrogens with zero attached hydrogens (tertiary/aromatic N) is 2. The molecule has 0 radical (unpaired) electrons. The summed E-state index contributed by atoms with van der Waals surface area (Å²) in [6.45, 7) is 0.978. The third-order valence-corrected chi connectivity index (χ3v) is 7.59. The van der Waals surface area contributed by atoms with Gasteiger partial charge in [-0.05, 0) is 48.9 Å². The average Bonchev–Trinajstić information content (AvgIpc) is 3.74. The number of aromatic amines is 2. The molecule has 1 aliphatic carbocycles. The maximum Gasteiger partial charge on any atom is 0.271 e. The van der Waals surface area contributed by atoms with E-state index in [9.17, 15) is 4.79 Å². The van der Waals surface area contributed by atoms with Gasteiger partial charge in [-0.2, -0.15) is 0 Å². The van der Waals surface area contributed by atoms with E-state index in [-0.39, 0.29) is 11.9 Å². The van der Waals surface area contributed by atoms with Gasteiger partial charge in [-0.3, -0.25) is 4.79 Å². The number of hydrogen-bond donors (Lipinski definition) is 4. The van der Waals surface area contributed by atoms with Gasteiger partial charge in [-0.25, -0.2) is 9.97 Å². The Morgan fingerprint density at radius 3 is 2.14 bits per heavy atom. The largest absolute Gasteiger partial charge is 0.354 e. The molecule has 2 fully saturated rings. The Morgan fingerprint density at radius 1 is 0.833 bits per heavy atom. The van der Waals surface area contributed by atoms with Gasteiger partial charge in [0, 0.05) is 18.5 Å². The predicted molar refractivity (Wildman–Crippen MR) is 142 cm³/mol. The Kier molecular flexibility index (Phi) is 6.15. The van der Waals surface area contributed by atoms with Gasteiger partial charge in [0.15, 0.2) is 5.69 Å². The monoisotopic (exact) mass is 480 g/mol. The van der Waals surface area contributed by atoms with Crippen molar-refractivity contribution >= 4 is 5.91 Å². The molecule has 1 amide bonds. The van der Waals surface area contributed by atoms with E-state index in [2.05, 4.69) is 79.1 Å². The molecule has 2 aromatic carbocycles. The Hall–Kier alpha value is -3.71. The zero-order valence-corrected chi connectivity index (χ0v) is 20.6. The highest BCUT2D eigenvalue weighted by molar-refractivity contribution is 5.98. The average molecular weight is 481 g/mol. The van der Waals surface area contributed by atoms with Crippen LogP contribution in [-0.2, 0) is 0 Å². The molecule has 1 aliphatic heterocycles. The zero-order chi connectivity index (χ0) is 24.5. The summed E-state index contributed by atoms with van der Waals surface area (Å²) in [4.78, 5) is 28.8. The summed E-state index contributed by atoms with van der Waals surface area (Å²) >= 11 is 0. The number of hydrogen-bond acceptors (Lipinski definition) is 4. The Morgan fingerprint density at radius 2 is 1.50 bits per heavy atom. The molecule has 0 spiro atoms. The summed E-state index contributed by atoms with van der Waals surface area (Å²) in [5, 5.41) is 6.17. The molecular weight excluding hydrogens is 448 g/mol. The van der Waals surface area contributed by atoms with E-state index in [1.165, 1.54) is 25.7 Å². The lowest BCUT2D eigenvalue weighted by Crippen LogP contribution is -2.19. The van der Waals surface area contributed by atoms with Crippen molar-refractivity contribution < 1.29 is 4.79 Å². The zero-order valence-electron chi connectivity index (χ0n) is 20.6. The van der Waals surface area contributed by atoms with Gasteiger partial charge in [0.1, 0.15) is 11.6 Å². The van der Waals surface area contributed by atoms with Gasteiger partial charge in [0.05, 0.1) is 23.6 Å². The quantitative estimate of drug-likeness (QED) is 0.290. The molecule has 7 heteroatoms. The fourth-order valence-electron chi connectivity index (χ4n) is 5.53. The Bertz CT molecular complexity index is 1340. The van der Waals surface area contributed by atoms with Crippen LogP contribution >= 0.6 is 0 Å². The van der Waals surface area contributed by atoms with Crippen molar-refractivity contribution in [2.45, 2.75) is 50.5 Å². The number of benzene rings is 2. The van der Waals surface area contributed by atoms with Gasteiger partial charge in [-0.1, -0.05) is 61.4 Å². The van der Waals surface area contributed by atoms with Crippen LogP contribution in [0, 0.1) is 0 Å². The highest BCUT2D eigenvalue weighted by Crippen LogP contribution is 2.34. The van der Waals surface area contributed by atoms with Crippen molar-refractivity contribution in [1.82, 2.24) is 30.6 Å². The first kappa shape index (κ1) is 22.7. The van der Waals surface area contributed by atoms with E-state index in [1.807, 2.05) is 6.20 Å². The Labute approximate surface area is 211 Å². The minimum atomic E-state index is -0.181. The van der Waals surface area contributed by atoms with Crippen LogP contribution in [0.4, 0.5) is 0 Å². The lowest BCUT2D eigenvalue weighted by molar-refractivity contribution is 0.0959. The fraction of sp³-hybridized carbons (Fsp3) is 0.345. The molecule has 1 saturated heterocycles. The summed E-state index contributed by atoms with van der Waals surface area (Å²) in [7, 11) is 1.64. The summed E-state index contributed by atoms with van der Waals surface area (Å²) < 4.78 is 0. The molecule has 2 aromatic heterocycles. The Balaban J connectivity index is 1.22. The van der Waals surface area contributed by atoms with Crippen molar-refractivity contribution in [2.24, 2.45) is 0 Å². The molecule has 3 heterocycles. The summed E-state index contributed by atoms with van der Waals surface area (Å²) in [5.41, 5.74) is 6.64. The minimum Gasteiger partial charge on any atom is -0.354 e. The van der Waals surface area contributed by atoms with Crippen LogP contribution in [0.1, 0.15) is 72.6 Å². The van der Waals surface area contributed by atoms with Crippen molar-refractivity contribution in [1.29, 1.82) is 0 Å². The molecule has 184 valence electrons. The third-order valence-electron chi connectivity index (χ3n) is 7.59. The molecule has 4 N–H and O–H groups in total. The molecule has 4 aromatic rings. The van der Waals surface area contributed by atoms with Crippen LogP contribution in [0.25, 0.3) is 33.6 Å². The molecule has 1 saturated carbocycles. The molecular formula is C29H32N6O. The standard InChI is InChI=1S/C29H32N6O/c1-30-29(36)26-25(34-28(35-26)23-7-4-16-31-23)21-14-10-19(11-15-21)18-8-12-20(13-9-18)24-17-32-27(33-24)22-5-2-3-6-22/h8-15,17,22-23,31H,2-7,16H2,1H3,(H,30,36)(H,32,33)(H,34,35)/t23-/m0/s1. The number of imidazole rings is 2. The molecule has 36 heavy (non-hydrogen) atoms. The van der Waals surface area contributed by atoms with Crippen LogP contribution < -0.4 is 10.6 Å². The second-order valence-electron chi connectivity index (χ2n) is 9.89.